The van der Waals surface area contributed by atoms with Crippen LogP contribution in [0.1, 0.15) is 25.3 Å². The number of nitrogens with zero attached hydrogens (tertiary/aromatic N) is 1. The molecule has 2 heterocycles. The largest absolute Gasteiger partial charge is 0.481 e. The van der Waals surface area contributed by atoms with Crippen molar-refractivity contribution in [2.24, 2.45) is 5.41 Å². The Bertz CT molecular complexity index is 568. The van der Waals surface area contributed by atoms with Crippen LogP contribution in [0.25, 0.3) is 10.8 Å². The molecule has 18 heavy (non-hydrogen) atoms. The summed E-state index contributed by atoms with van der Waals surface area (Å²) in [5, 5.41) is 11.8. The zero-order valence-electron chi connectivity index (χ0n) is 10.6. The Labute approximate surface area is 109 Å². The number of carboxylic acids is 1. The third-order valence-electron chi connectivity index (χ3n) is 2.70. The van der Waals surface area contributed by atoms with Crippen molar-refractivity contribution in [3.8, 4) is 10.8 Å². The molecular weight excluding hydrogens is 250 g/mol. The first-order valence-corrected chi connectivity index (χ1v) is 6.51. The van der Waals surface area contributed by atoms with Gasteiger partial charge in [0.15, 0.2) is 10.8 Å². The van der Waals surface area contributed by atoms with E-state index in [1.54, 1.807) is 13.8 Å². The molecule has 0 aromatic carbocycles. The van der Waals surface area contributed by atoms with Gasteiger partial charge in [-0.25, -0.2) is 4.98 Å². The molecule has 0 aliphatic rings. The molecule has 0 radical (unpaired) electrons. The van der Waals surface area contributed by atoms with Gasteiger partial charge in [0.05, 0.1) is 11.1 Å². The first-order valence-electron chi connectivity index (χ1n) is 5.63. The minimum Gasteiger partial charge on any atom is -0.481 e. The van der Waals surface area contributed by atoms with Gasteiger partial charge in [0, 0.05) is 11.8 Å². The van der Waals surface area contributed by atoms with E-state index < -0.39 is 11.4 Å². The summed E-state index contributed by atoms with van der Waals surface area (Å²) in [6, 6.07) is 3.76. The van der Waals surface area contributed by atoms with Gasteiger partial charge in [0.2, 0.25) is 0 Å². The lowest BCUT2D eigenvalue weighted by Gasteiger charge is -2.16. The summed E-state index contributed by atoms with van der Waals surface area (Å²) in [6.07, 6.45) is 0.415. The summed E-state index contributed by atoms with van der Waals surface area (Å²) in [5.74, 6) is 0.760. The maximum atomic E-state index is 11.1. The average molecular weight is 265 g/mol. The summed E-state index contributed by atoms with van der Waals surface area (Å²) < 4.78 is 5.49. The van der Waals surface area contributed by atoms with Gasteiger partial charge in [-0.1, -0.05) is 0 Å². The second-order valence-corrected chi connectivity index (χ2v) is 5.78. The molecule has 4 nitrogen and oxygen atoms in total. The number of aliphatic carboxylic acids is 1. The second-order valence-electron chi connectivity index (χ2n) is 4.92. The Balaban J connectivity index is 2.19. The number of furan rings is 1. The molecule has 2 rings (SSSR count). The van der Waals surface area contributed by atoms with E-state index in [1.807, 2.05) is 24.4 Å². The molecule has 2 aromatic rings. The van der Waals surface area contributed by atoms with Crippen LogP contribution < -0.4 is 0 Å². The van der Waals surface area contributed by atoms with Crippen molar-refractivity contribution >= 4 is 17.3 Å². The Morgan fingerprint density at radius 2 is 2.22 bits per heavy atom. The van der Waals surface area contributed by atoms with Gasteiger partial charge in [-0.15, -0.1) is 11.3 Å². The predicted octanol–water partition coefficient (Wildman–Crippen LogP) is 3.36. The fourth-order valence-electron chi connectivity index (χ4n) is 1.58. The van der Waals surface area contributed by atoms with Crippen LogP contribution in [0, 0.1) is 12.3 Å². The molecule has 96 valence electrons. The molecule has 1 N–H and O–H groups in total. The smallest absolute Gasteiger partial charge is 0.309 e. The van der Waals surface area contributed by atoms with Crippen molar-refractivity contribution in [2.75, 3.05) is 0 Å². The predicted molar refractivity (Wildman–Crippen MR) is 69.7 cm³/mol. The summed E-state index contributed by atoms with van der Waals surface area (Å²) >= 11 is 1.47. The van der Waals surface area contributed by atoms with Gasteiger partial charge in [-0.2, -0.15) is 0 Å². The third kappa shape index (κ3) is 2.61. The second kappa shape index (κ2) is 4.57. The van der Waals surface area contributed by atoms with Crippen molar-refractivity contribution in [1.82, 2.24) is 4.98 Å². The summed E-state index contributed by atoms with van der Waals surface area (Å²) in [7, 11) is 0. The minimum atomic E-state index is -0.814. The molecule has 2 aromatic heterocycles. The van der Waals surface area contributed by atoms with E-state index in [0.717, 1.165) is 22.2 Å². The van der Waals surface area contributed by atoms with Crippen molar-refractivity contribution in [3.05, 3.63) is 29.0 Å². The third-order valence-corrected chi connectivity index (χ3v) is 3.61. The van der Waals surface area contributed by atoms with Crippen LogP contribution in [0.2, 0.25) is 0 Å². The normalized spacial score (nSPS) is 11.7. The van der Waals surface area contributed by atoms with E-state index in [1.165, 1.54) is 11.3 Å². The van der Waals surface area contributed by atoms with Crippen LogP contribution >= 0.6 is 11.3 Å². The average Bonchev–Trinajstić information content (AvgIpc) is 2.86. The number of aryl methyl sites for hydroxylation is 1. The highest BCUT2D eigenvalue weighted by atomic mass is 32.1. The van der Waals surface area contributed by atoms with Crippen molar-refractivity contribution < 1.29 is 14.3 Å². The molecule has 5 heteroatoms. The molecule has 0 spiro atoms. The number of aromatic nitrogens is 1. The number of carboxylic acid groups (broad SMARTS) is 1. The van der Waals surface area contributed by atoms with Crippen LogP contribution in [0.3, 0.4) is 0 Å². The lowest BCUT2D eigenvalue weighted by molar-refractivity contribution is -0.146. The van der Waals surface area contributed by atoms with Crippen molar-refractivity contribution in [1.29, 1.82) is 0 Å². The zero-order chi connectivity index (χ0) is 13.3. The molecule has 0 saturated heterocycles. The summed E-state index contributed by atoms with van der Waals surface area (Å²) in [6.45, 7) is 5.28. The number of hydrogen-bond acceptors (Lipinski definition) is 4. The maximum Gasteiger partial charge on any atom is 0.309 e. The molecule has 0 saturated carbocycles. The number of hydrogen-bond donors (Lipinski definition) is 1. The van der Waals surface area contributed by atoms with Crippen molar-refractivity contribution in [3.63, 3.8) is 0 Å². The number of thiazole rings is 1. The van der Waals surface area contributed by atoms with Gasteiger partial charge in [0.1, 0.15) is 5.76 Å². The Morgan fingerprint density at radius 1 is 1.50 bits per heavy atom. The molecular formula is C13H15NO3S. The van der Waals surface area contributed by atoms with Crippen LogP contribution in [0.4, 0.5) is 0 Å². The zero-order valence-corrected chi connectivity index (χ0v) is 11.4. The van der Waals surface area contributed by atoms with Crippen LogP contribution in [-0.2, 0) is 11.2 Å². The number of rotatable bonds is 4. The van der Waals surface area contributed by atoms with E-state index in [-0.39, 0.29) is 0 Å². The van der Waals surface area contributed by atoms with Gasteiger partial charge in [-0.3, -0.25) is 4.79 Å². The highest BCUT2D eigenvalue weighted by Crippen LogP contribution is 2.28. The molecule has 0 amide bonds. The number of carbonyl (C=O) groups is 1. The van der Waals surface area contributed by atoms with E-state index in [4.69, 9.17) is 9.52 Å². The highest BCUT2D eigenvalue weighted by Gasteiger charge is 2.28. The van der Waals surface area contributed by atoms with Crippen molar-refractivity contribution in [2.45, 2.75) is 27.2 Å². The van der Waals surface area contributed by atoms with Gasteiger partial charge < -0.3 is 9.52 Å². The summed E-state index contributed by atoms with van der Waals surface area (Å²) in [4.78, 5) is 15.5. The van der Waals surface area contributed by atoms with Gasteiger partial charge in [0.25, 0.3) is 0 Å². The maximum absolute atomic E-state index is 11.1. The quantitative estimate of drug-likeness (QED) is 0.920. The molecule has 0 aliphatic heterocycles. The Hall–Kier alpha value is -1.62. The lowest BCUT2D eigenvalue weighted by Crippen LogP contribution is -2.26. The van der Waals surface area contributed by atoms with Crippen LogP contribution in [-0.4, -0.2) is 16.1 Å². The van der Waals surface area contributed by atoms with E-state index in [9.17, 15) is 4.79 Å². The molecule has 0 fully saturated rings. The first-order chi connectivity index (χ1) is 8.38. The Kier molecular flexibility index (Phi) is 3.26. The van der Waals surface area contributed by atoms with E-state index in [2.05, 4.69) is 4.98 Å². The standard InChI is InChI=1S/C13H15NO3S/c1-8-4-5-10(17-8)11-14-9(7-18-11)6-13(2,3)12(15)16/h4-5,7H,6H2,1-3H3,(H,15,16). The summed E-state index contributed by atoms with van der Waals surface area (Å²) in [5.41, 5.74) is -0.0128. The topological polar surface area (TPSA) is 63.3 Å². The van der Waals surface area contributed by atoms with E-state index in [0.29, 0.717) is 6.42 Å². The first kappa shape index (κ1) is 12.8. The van der Waals surface area contributed by atoms with Gasteiger partial charge >= 0.3 is 5.97 Å². The fraction of sp³-hybridized carbons (Fsp3) is 0.385. The fourth-order valence-corrected chi connectivity index (χ4v) is 2.36. The molecule has 0 aliphatic carbocycles. The molecule has 0 atom stereocenters. The monoisotopic (exact) mass is 265 g/mol. The lowest BCUT2D eigenvalue weighted by atomic mass is 9.88. The SMILES string of the molecule is Cc1ccc(-c2nc(CC(C)(C)C(=O)O)cs2)o1. The van der Waals surface area contributed by atoms with Crippen LogP contribution in [0.15, 0.2) is 21.9 Å². The van der Waals surface area contributed by atoms with Gasteiger partial charge in [-0.05, 0) is 32.9 Å². The highest BCUT2D eigenvalue weighted by molar-refractivity contribution is 7.13. The molecule has 0 bridgehead atoms. The Morgan fingerprint density at radius 3 is 2.78 bits per heavy atom. The van der Waals surface area contributed by atoms with E-state index >= 15 is 0 Å². The minimum absolute atomic E-state index is 0.415. The van der Waals surface area contributed by atoms with Crippen LogP contribution in [0.5, 0.6) is 0 Å². The molecule has 0 unspecified atom stereocenters.